The zero-order chi connectivity index (χ0) is 13.0. The van der Waals surface area contributed by atoms with Crippen molar-refractivity contribution in [3.63, 3.8) is 0 Å². The normalized spacial score (nSPS) is 20.7. The molecule has 0 atom stereocenters. The second-order valence-corrected chi connectivity index (χ2v) is 3.81. The summed E-state index contributed by atoms with van der Waals surface area (Å²) in [6.45, 7) is 0. The number of carbonyl (C=O) groups is 3. The van der Waals surface area contributed by atoms with Gasteiger partial charge >= 0.3 is 6.03 Å². The van der Waals surface area contributed by atoms with Crippen LogP contribution in [0, 0.1) is 5.92 Å². The van der Waals surface area contributed by atoms with E-state index in [1.807, 2.05) is 28.9 Å². The lowest BCUT2D eigenvalue weighted by atomic mass is 10.1. The van der Waals surface area contributed by atoms with Crippen molar-refractivity contribution in [2.75, 3.05) is 0 Å². The van der Waals surface area contributed by atoms with E-state index in [4.69, 9.17) is 0 Å². The van der Waals surface area contributed by atoms with E-state index in [0.29, 0.717) is 0 Å². The molecule has 0 spiro atoms. The highest BCUT2D eigenvalue weighted by Gasteiger charge is 2.32. The van der Waals surface area contributed by atoms with Crippen LogP contribution in [-0.4, -0.2) is 24.1 Å². The van der Waals surface area contributed by atoms with Gasteiger partial charge in [0.15, 0.2) is 5.92 Å². The van der Waals surface area contributed by atoms with E-state index in [1.165, 1.54) is 6.21 Å². The Morgan fingerprint density at radius 2 is 1.94 bits per heavy atom. The maximum absolute atomic E-state index is 11.4. The fraction of sp³-hybridized carbons (Fsp3) is 0.273. The first-order valence-electron chi connectivity index (χ1n) is 5.48. The second-order valence-electron chi connectivity index (χ2n) is 3.81. The lowest BCUT2D eigenvalue weighted by Crippen LogP contribution is -2.56. The monoisotopic (exact) mass is 248 g/mol. The highest BCUT2D eigenvalue weighted by Crippen LogP contribution is 2.06. The predicted octanol–water partition coefficient (Wildman–Crippen LogP) is -0.222. The smallest absolute Gasteiger partial charge is 0.279 e. The summed E-state index contributed by atoms with van der Waals surface area (Å²) in [4.78, 5) is 33.5. The van der Waals surface area contributed by atoms with Crippen LogP contribution in [-0.2, 0) is 9.59 Å². The molecule has 0 saturated carbocycles. The molecule has 7 nitrogen and oxygen atoms in total. The minimum absolute atomic E-state index is 0.678. The molecule has 7 heteroatoms. The van der Waals surface area contributed by atoms with E-state index in [-0.39, 0.29) is 0 Å². The summed E-state index contributed by atoms with van der Waals surface area (Å²) in [5, 5.41) is 7.80. The quantitative estimate of drug-likeness (QED) is 0.365. The predicted molar refractivity (Wildman–Crippen MR) is 63.3 cm³/mol. The van der Waals surface area contributed by atoms with E-state index in [2.05, 4.69) is 10.5 Å². The summed E-state index contributed by atoms with van der Waals surface area (Å²) in [6, 6.07) is -0.805. The number of hydrazone groups is 1. The van der Waals surface area contributed by atoms with Gasteiger partial charge in [-0.1, -0.05) is 12.2 Å². The molecule has 0 bridgehead atoms. The SMILES string of the molecule is O=C1NC(=O)C(/C=N/NC2=CCCC=C2)C(=O)N1. The molecule has 3 N–H and O–H groups in total. The van der Waals surface area contributed by atoms with Crippen LogP contribution in [0.4, 0.5) is 4.79 Å². The van der Waals surface area contributed by atoms with Gasteiger partial charge in [-0.15, -0.1) is 0 Å². The maximum atomic E-state index is 11.4. The third-order valence-corrected chi connectivity index (χ3v) is 2.45. The lowest BCUT2D eigenvalue weighted by Gasteiger charge is -2.17. The van der Waals surface area contributed by atoms with E-state index >= 15 is 0 Å². The minimum Gasteiger partial charge on any atom is -0.279 e. The van der Waals surface area contributed by atoms with Gasteiger partial charge < -0.3 is 0 Å². The van der Waals surface area contributed by atoms with Crippen LogP contribution in [0.5, 0.6) is 0 Å². The molecule has 18 heavy (non-hydrogen) atoms. The Morgan fingerprint density at radius 1 is 1.22 bits per heavy atom. The summed E-state index contributed by atoms with van der Waals surface area (Å²) in [7, 11) is 0. The Labute approximate surface area is 103 Å². The zero-order valence-electron chi connectivity index (χ0n) is 9.47. The molecule has 1 fully saturated rings. The Bertz CT molecular complexity index is 459. The van der Waals surface area contributed by atoms with Gasteiger partial charge in [0.2, 0.25) is 11.8 Å². The molecule has 1 saturated heterocycles. The zero-order valence-corrected chi connectivity index (χ0v) is 9.47. The van der Waals surface area contributed by atoms with Crippen LogP contribution in [0.2, 0.25) is 0 Å². The number of hydrogen-bond acceptors (Lipinski definition) is 5. The van der Waals surface area contributed by atoms with E-state index in [0.717, 1.165) is 18.5 Å². The van der Waals surface area contributed by atoms with Crippen molar-refractivity contribution in [1.29, 1.82) is 0 Å². The maximum Gasteiger partial charge on any atom is 0.328 e. The van der Waals surface area contributed by atoms with Gasteiger partial charge in [-0.2, -0.15) is 5.10 Å². The van der Waals surface area contributed by atoms with Gasteiger partial charge in [-0.05, 0) is 18.9 Å². The first kappa shape index (κ1) is 12.0. The number of hydrogen-bond donors (Lipinski definition) is 3. The van der Waals surface area contributed by atoms with Crippen LogP contribution in [0.15, 0.2) is 29.0 Å². The van der Waals surface area contributed by atoms with Crippen LogP contribution < -0.4 is 16.1 Å². The largest absolute Gasteiger partial charge is 0.328 e. The third kappa shape index (κ3) is 2.82. The molecule has 0 radical (unpaired) electrons. The summed E-state index contributed by atoms with van der Waals surface area (Å²) in [5.74, 6) is -2.45. The molecule has 2 aliphatic rings. The number of carbonyl (C=O) groups excluding carboxylic acids is 3. The molecular formula is C11H12N4O3. The van der Waals surface area contributed by atoms with Crippen LogP contribution in [0.25, 0.3) is 0 Å². The molecule has 0 unspecified atom stereocenters. The van der Waals surface area contributed by atoms with E-state index in [1.54, 1.807) is 0 Å². The second kappa shape index (κ2) is 5.26. The lowest BCUT2D eigenvalue weighted by molar-refractivity contribution is -0.132. The summed E-state index contributed by atoms with van der Waals surface area (Å²) in [5.41, 5.74) is 3.53. The molecule has 0 aromatic heterocycles. The highest BCUT2D eigenvalue weighted by atomic mass is 16.2. The average Bonchev–Trinajstić information content (AvgIpc) is 2.34. The molecule has 1 aliphatic carbocycles. The Hall–Kier alpha value is -2.44. The molecule has 0 aromatic carbocycles. The fourth-order valence-electron chi connectivity index (χ4n) is 1.55. The molecule has 2 rings (SSSR count). The number of nitrogens with zero attached hydrogens (tertiary/aromatic N) is 1. The molecular weight excluding hydrogens is 236 g/mol. The van der Waals surface area contributed by atoms with Crippen LogP contribution in [0.3, 0.4) is 0 Å². The topological polar surface area (TPSA) is 99.7 Å². The van der Waals surface area contributed by atoms with Crippen molar-refractivity contribution >= 4 is 24.1 Å². The van der Waals surface area contributed by atoms with Gasteiger partial charge in [-0.25, -0.2) is 4.79 Å². The van der Waals surface area contributed by atoms with Gasteiger partial charge in [0.05, 0.1) is 5.70 Å². The first-order chi connectivity index (χ1) is 8.66. The summed E-state index contributed by atoms with van der Waals surface area (Å²) >= 11 is 0. The van der Waals surface area contributed by atoms with Gasteiger partial charge in [-0.3, -0.25) is 25.6 Å². The third-order valence-electron chi connectivity index (χ3n) is 2.45. The number of amides is 4. The van der Waals surface area contributed by atoms with Crippen LogP contribution in [0.1, 0.15) is 12.8 Å². The molecule has 4 amide bonds. The van der Waals surface area contributed by atoms with Crippen LogP contribution >= 0.6 is 0 Å². The summed E-state index contributed by atoms with van der Waals surface area (Å²) < 4.78 is 0. The highest BCUT2D eigenvalue weighted by molar-refractivity contribution is 6.23. The van der Waals surface area contributed by atoms with Crippen molar-refractivity contribution in [2.45, 2.75) is 12.8 Å². The van der Waals surface area contributed by atoms with Gasteiger partial charge in [0, 0.05) is 6.21 Å². The minimum atomic E-state index is -1.09. The number of barbiturate groups is 1. The van der Waals surface area contributed by atoms with Crippen molar-refractivity contribution in [3.05, 3.63) is 23.9 Å². The summed E-state index contributed by atoms with van der Waals surface area (Å²) in [6.07, 6.45) is 8.90. The number of rotatable bonds is 3. The number of allylic oxidation sites excluding steroid dienone is 3. The van der Waals surface area contributed by atoms with Crippen molar-refractivity contribution in [1.82, 2.24) is 16.1 Å². The number of nitrogens with one attached hydrogen (secondary N) is 3. The Morgan fingerprint density at radius 3 is 2.56 bits per heavy atom. The fourth-order valence-corrected chi connectivity index (χ4v) is 1.55. The van der Waals surface area contributed by atoms with Crippen molar-refractivity contribution in [2.24, 2.45) is 11.0 Å². The first-order valence-corrected chi connectivity index (χ1v) is 5.48. The Balaban J connectivity index is 1.94. The average molecular weight is 248 g/mol. The van der Waals surface area contributed by atoms with Gasteiger partial charge in [0.1, 0.15) is 0 Å². The molecule has 0 aromatic rings. The Kier molecular flexibility index (Phi) is 3.52. The number of urea groups is 1. The van der Waals surface area contributed by atoms with Gasteiger partial charge in [0.25, 0.3) is 0 Å². The standard InChI is InChI=1S/C11H12N4O3/c16-9-8(10(17)14-11(18)13-9)6-12-15-7-4-2-1-3-5-7/h2,4-6,8,15H,1,3H2,(H2,13,14,16,17,18)/b12-6+. The van der Waals surface area contributed by atoms with E-state index in [9.17, 15) is 14.4 Å². The van der Waals surface area contributed by atoms with Crippen molar-refractivity contribution < 1.29 is 14.4 Å². The van der Waals surface area contributed by atoms with E-state index < -0.39 is 23.8 Å². The molecule has 1 aliphatic heterocycles. The van der Waals surface area contributed by atoms with Crippen molar-refractivity contribution in [3.8, 4) is 0 Å². The number of imide groups is 2. The molecule has 1 heterocycles. The molecule has 94 valence electrons.